The van der Waals surface area contributed by atoms with Gasteiger partial charge in [-0.05, 0) is 25.0 Å². The van der Waals surface area contributed by atoms with E-state index in [1.54, 1.807) is 7.11 Å². The summed E-state index contributed by atoms with van der Waals surface area (Å²) in [4.78, 5) is 5.37. The summed E-state index contributed by atoms with van der Waals surface area (Å²) in [6.07, 6.45) is 2.13. The number of nitrogens with one attached hydrogen (secondary N) is 1. The molecule has 1 atom stereocenters. The van der Waals surface area contributed by atoms with Crippen molar-refractivity contribution >= 4 is 28.1 Å². The summed E-state index contributed by atoms with van der Waals surface area (Å²) in [5.41, 5.74) is 1.83. The lowest BCUT2D eigenvalue weighted by Crippen LogP contribution is -2.30. The van der Waals surface area contributed by atoms with Crippen LogP contribution in [0.3, 0.4) is 0 Å². The molecule has 1 aliphatic rings. The van der Waals surface area contributed by atoms with Crippen LogP contribution in [0.4, 0.5) is 0 Å². The van der Waals surface area contributed by atoms with Gasteiger partial charge in [0.25, 0.3) is 0 Å². The van der Waals surface area contributed by atoms with E-state index in [0.29, 0.717) is 6.04 Å². The second kappa shape index (κ2) is 5.23. The number of ether oxygens (including phenoxy) is 1. The molecule has 3 rings (SSSR count). The number of nitrogens with zero attached hydrogens (tertiary/aromatic N) is 1. The maximum absolute atomic E-state index is 5.51. The first-order valence-electron chi connectivity index (χ1n) is 6.47. The van der Waals surface area contributed by atoms with E-state index in [2.05, 4.69) is 22.4 Å². The van der Waals surface area contributed by atoms with Gasteiger partial charge in [0.05, 0.1) is 11.2 Å². The number of thiocarbonyl (C=S) groups is 1. The van der Waals surface area contributed by atoms with Crippen molar-refractivity contribution in [1.29, 1.82) is 0 Å². The van der Waals surface area contributed by atoms with Gasteiger partial charge in [-0.25, -0.2) is 4.98 Å². The first-order valence-corrected chi connectivity index (χ1v) is 6.87. The second-order valence-corrected chi connectivity index (χ2v) is 5.27. The molecule has 1 unspecified atom stereocenters. The molecular weight excluding hydrogens is 256 g/mol. The Hall–Kier alpha value is -1.52. The highest BCUT2D eigenvalue weighted by atomic mass is 32.1. The molecule has 2 aromatic rings. The molecule has 1 N–H and O–H groups in total. The van der Waals surface area contributed by atoms with Gasteiger partial charge in [-0.2, -0.15) is 0 Å². The number of aromatic nitrogens is 1. The lowest BCUT2D eigenvalue weighted by molar-refractivity contribution is 0.153. The SMILES string of the molecule is COC(C(=S)NC1CC1)c1ccc2ccccc2n1. The molecule has 0 radical (unpaired) electrons. The van der Waals surface area contributed by atoms with E-state index in [1.807, 2.05) is 24.3 Å². The molecule has 1 fully saturated rings. The van der Waals surface area contributed by atoms with Crippen LogP contribution >= 0.6 is 12.2 Å². The Morgan fingerprint density at radius 1 is 1.32 bits per heavy atom. The zero-order valence-corrected chi connectivity index (χ0v) is 11.6. The van der Waals surface area contributed by atoms with Gasteiger partial charge in [-0.15, -0.1) is 0 Å². The number of rotatable bonds is 4. The van der Waals surface area contributed by atoms with E-state index >= 15 is 0 Å². The molecule has 4 heteroatoms. The summed E-state index contributed by atoms with van der Waals surface area (Å²) in [5, 5.41) is 4.44. The fourth-order valence-electron chi connectivity index (χ4n) is 2.09. The molecule has 0 amide bonds. The molecule has 1 saturated carbocycles. The lowest BCUT2D eigenvalue weighted by atomic mass is 10.1. The van der Waals surface area contributed by atoms with Crippen molar-refractivity contribution in [3.63, 3.8) is 0 Å². The largest absolute Gasteiger partial charge is 0.374 e. The monoisotopic (exact) mass is 272 g/mol. The van der Waals surface area contributed by atoms with Crippen LogP contribution < -0.4 is 5.32 Å². The number of para-hydroxylation sites is 1. The number of hydrogen-bond acceptors (Lipinski definition) is 3. The van der Waals surface area contributed by atoms with Crippen molar-refractivity contribution in [3.05, 3.63) is 42.1 Å². The van der Waals surface area contributed by atoms with Crippen LogP contribution in [0.2, 0.25) is 0 Å². The van der Waals surface area contributed by atoms with Crippen molar-refractivity contribution in [2.75, 3.05) is 7.11 Å². The fourth-order valence-corrected chi connectivity index (χ4v) is 2.48. The van der Waals surface area contributed by atoms with Crippen LogP contribution in [0.5, 0.6) is 0 Å². The third kappa shape index (κ3) is 2.74. The number of pyridine rings is 1. The van der Waals surface area contributed by atoms with E-state index in [9.17, 15) is 0 Å². The molecule has 1 aromatic carbocycles. The Bertz CT molecular complexity index is 610. The van der Waals surface area contributed by atoms with Crippen LogP contribution in [0.1, 0.15) is 24.6 Å². The minimum absolute atomic E-state index is 0.264. The smallest absolute Gasteiger partial charge is 0.149 e. The maximum atomic E-state index is 5.51. The summed E-state index contributed by atoms with van der Waals surface area (Å²) in [5.74, 6) is 0. The maximum Gasteiger partial charge on any atom is 0.149 e. The lowest BCUT2D eigenvalue weighted by Gasteiger charge is -2.17. The van der Waals surface area contributed by atoms with Gasteiger partial charge in [0.1, 0.15) is 11.1 Å². The second-order valence-electron chi connectivity index (χ2n) is 4.83. The molecule has 0 bridgehead atoms. The summed E-state index contributed by atoms with van der Waals surface area (Å²) >= 11 is 5.42. The van der Waals surface area contributed by atoms with E-state index in [0.717, 1.165) is 21.6 Å². The standard InChI is InChI=1S/C15H16N2OS/c1-18-14(15(19)16-11-7-8-11)13-9-6-10-4-2-3-5-12(10)17-13/h2-6,9,11,14H,7-8H2,1H3,(H,16,19). The van der Waals surface area contributed by atoms with Crippen LogP contribution in [-0.2, 0) is 4.74 Å². The van der Waals surface area contributed by atoms with Crippen molar-refractivity contribution in [2.45, 2.75) is 25.0 Å². The summed E-state index contributed by atoms with van der Waals surface area (Å²) in [6.45, 7) is 0. The molecule has 98 valence electrons. The third-order valence-corrected chi connectivity index (χ3v) is 3.62. The first kappa shape index (κ1) is 12.5. The van der Waals surface area contributed by atoms with E-state index < -0.39 is 0 Å². The first-order chi connectivity index (χ1) is 9.28. The Labute approximate surface area is 118 Å². The number of benzene rings is 1. The quantitative estimate of drug-likeness (QED) is 0.868. The van der Waals surface area contributed by atoms with Crippen LogP contribution in [-0.4, -0.2) is 23.1 Å². The molecule has 1 aliphatic carbocycles. The molecule has 1 aromatic heterocycles. The van der Waals surface area contributed by atoms with Crippen LogP contribution in [0.15, 0.2) is 36.4 Å². The molecule has 3 nitrogen and oxygen atoms in total. The predicted molar refractivity (Wildman–Crippen MR) is 80.2 cm³/mol. The van der Waals surface area contributed by atoms with Gasteiger partial charge in [0.2, 0.25) is 0 Å². The average Bonchev–Trinajstić information content (AvgIpc) is 3.23. The van der Waals surface area contributed by atoms with Gasteiger partial charge >= 0.3 is 0 Å². The van der Waals surface area contributed by atoms with Crippen molar-refractivity contribution in [3.8, 4) is 0 Å². The molecule has 0 spiro atoms. The van der Waals surface area contributed by atoms with Gasteiger partial charge in [-0.3, -0.25) is 0 Å². The Morgan fingerprint density at radius 3 is 2.84 bits per heavy atom. The van der Waals surface area contributed by atoms with Crippen LogP contribution in [0.25, 0.3) is 10.9 Å². The van der Waals surface area contributed by atoms with E-state index in [1.165, 1.54) is 12.8 Å². The molecule has 0 saturated heterocycles. The van der Waals surface area contributed by atoms with Gasteiger partial charge in [0.15, 0.2) is 0 Å². The number of hydrogen-bond donors (Lipinski definition) is 1. The zero-order valence-electron chi connectivity index (χ0n) is 10.8. The van der Waals surface area contributed by atoms with Crippen molar-refractivity contribution < 1.29 is 4.74 Å². The number of methoxy groups -OCH3 is 1. The van der Waals surface area contributed by atoms with Gasteiger partial charge in [-0.1, -0.05) is 36.5 Å². The van der Waals surface area contributed by atoms with Gasteiger partial charge < -0.3 is 10.1 Å². The van der Waals surface area contributed by atoms with E-state index in [-0.39, 0.29) is 6.10 Å². The summed E-state index contributed by atoms with van der Waals surface area (Å²) in [6, 6.07) is 12.6. The fraction of sp³-hybridized carbons (Fsp3) is 0.333. The topological polar surface area (TPSA) is 34.1 Å². The highest BCUT2D eigenvalue weighted by molar-refractivity contribution is 7.80. The normalized spacial score (nSPS) is 16.3. The zero-order chi connectivity index (χ0) is 13.2. The van der Waals surface area contributed by atoms with Crippen molar-refractivity contribution in [1.82, 2.24) is 10.3 Å². The molecule has 1 heterocycles. The third-order valence-electron chi connectivity index (χ3n) is 3.29. The summed E-state index contributed by atoms with van der Waals surface area (Å²) in [7, 11) is 1.67. The Balaban J connectivity index is 1.89. The highest BCUT2D eigenvalue weighted by Gasteiger charge is 2.26. The average molecular weight is 272 g/mol. The van der Waals surface area contributed by atoms with Crippen molar-refractivity contribution in [2.24, 2.45) is 0 Å². The number of fused-ring (bicyclic) bond motifs is 1. The van der Waals surface area contributed by atoms with Gasteiger partial charge in [0, 0.05) is 18.5 Å². The highest BCUT2D eigenvalue weighted by Crippen LogP contribution is 2.24. The summed E-state index contributed by atoms with van der Waals surface area (Å²) < 4.78 is 5.51. The molecular formula is C15H16N2OS. The predicted octanol–water partition coefficient (Wildman–Crippen LogP) is 3.00. The molecule has 0 aliphatic heterocycles. The minimum atomic E-state index is -0.264. The van der Waals surface area contributed by atoms with Crippen LogP contribution in [0, 0.1) is 0 Å². The van der Waals surface area contributed by atoms with E-state index in [4.69, 9.17) is 17.0 Å². The minimum Gasteiger partial charge on any atom is -0.374 e. The Kier molecular flexibility index (Phi) is 3.44. The molecule has 19 heavy (non-hydrogen) atoms. The Morgan fingerprint density at radius 2 is 2.11 bits per heavy atom.